The Morgan fingerprint density at radius 3 is 2.56 bits per heavy atom. The van der Waals surface area contributed by atoms with E-state index in [0.29, 0.717) is 49.7 Å². The summed E-state index contributed by atoms with van der Waals surface area (Å²) in [7, 11) is 3.03. The normalized spacial score (nSPS) is 11.3. The molecule has 6 rings (SSSR count). The molecule has 0 fully saturated rings. The molecule has 6 aromatic rings. The van der Waals surface area contributed by atoms with Crippen LogP contribution < -0.4 is 25.1 Å². The molecule has 0 aliphatic carbocycles. The Morgan fingerprint density at radius 2 is 1.76 bits per heavy atom. The minimum absolute atomic E-state index is 0.169. The predicted molar refractivity (Wildman–Crippen MR) is 174 cm³/mol. The number of carbonyl (C=O) groups excluding carboxylic acids is 1. The van der Waals surface area contributed by atoms with Gasteiger partial charge in [0, 0.05) is 22.3 Å². The Bertz CT molecular complexity index is 2150. The maximum Gasteiger partial charge on any atom is 0.282 e. The molecule has 226 valence electrons. The highest BCUT2D eigenvalue weighted by Crippen LogP contribution is 2.35. The summed E-state index contributed by atoms with van der Waals surface area (Å²) in [5.41, 5.74) is 2.56. The van der Waals surface area contributed by atoms with Crippen molar-refractivity contribution in [3.8, 4) is 28.8 Å². The number of benzene rings is 4. The number of fused-ring (bicyclic) bond motifs is 2. The van der Waals surface area contributed by atoms with Crippen LogP contribution in [0.4, 0.5) is 5.69 Å². The zero-order valence-electron chi connectivity index (χ0n) is 24.5. The fourth-order valence-corrected chi connectivity index (χ4v) is 5.08. The van der Waals surface area contributed by atoms with Gasteiger partial charge in [0.15, 0.2) is 23.9 Å². The molecule has 45 heavy (non-hydrogen) atoms. The van der Waals surface area contributed by atoms with Crippen molar-refractivity contribution in [1.29, 1.82) is 0 Å². The number of ether oxygens (including phenoxy) is 3. The first kappa shape index (κ1) is 29.5. The molecule has 2 aromatic heterocycles. The Kier molecular flexibility index (Phi) is 8.22. The number of nitrogens with zero attached hydrogens (tertiary/aromatic N) is 3. The number of methoxy groups -OCH3 is 2. The monoisotopic (exact) mass is 622 g/mol. The van der Waals surface area contributed by atoms with Gasteiger partial charge >= 0.3 is 0 Å². The quantitative estimate of drug-likeness (QED) is 0.179. The third kappa shape index (κ3) is 5.96. The molecule has 2 heterocycles. The van der Waals surface area contributed by atoms with Gasteiger partial charge in [0.25, 0.3) is 11.5 Å². The molecule has 10 nitrogen and oxygen atoms in total. The molecule has 11 heteroatoms. The van der Waals surface area contributed by atoms with Crippen molar-refractivity contribution in [2.45, 2.75) is 6.92 Å². The number of nitrogens with one attached hydrogen (secondary N) is 1. The van der Waals surface area contributed by atoms with Crippen LogP contribution in [-0.2, 0) is 4.79 Å². The second-order valence-corrected chi connectivity index (χ2v) is 10.4. The van der Waals surface area contributed by atoms with Crippen molar-refractivity contribution in [1.82, 2.24) is 9.66 Å². The molecular weight excluding hydrogens is 596 g/mol. The van der Waals surface area contributed by atoms with Crippen LogP contribution in [0.1, 0.15) is 11.1 Å². The number of rotatable bonds is 9. The van der Waals surface area contributed by atoms with Crippen LogP contribution in [-0.4, -0.2) is 42.6 Å². The molecule has 1 amide bonds. The molecular formula is C34H27ClN4O6. The summed E-state index contributed by atoms with van der Waals surface area (Å²) < 4.78 is 24.2. The van der Waals surface area contributed by atoms with Gasteiger partial charge in [0.2, 0.25) is 5.82 Å². The zero-order chi connectivity index (χ0) is 31.5. The molecule has 0 saturated carbocycles. The molecule has 0 atom stereocenters. The molecule has 1 N–H and O–H groups in total. The number of aryl methyl sites for hydroxylation is 1. The average Bonchev–Trinajstić information content (AvgIpc) is 3.49. The number of hydrogen-bond donors (Lipinski definition) is 1. The summed E-state index contributed by atoms with van der Waals surface area (Å²) in [5, 5.41) is 8.78. The summed E-state index contributed by atoms with van der Waals surface area (Å²) >= 11 is 6.40. The second kappa shape index (κ2) is 12.6. The molecule has 0 unspecified atom stereocenters. The number of amides is 1. The van der Waals surface area contributed by atoms with Gasteiger partial charge in [-0.15, -0.1) is 0 Å². The minimum atomic E-state index is -0.423. The van der Waals surface area contributed by atoms with Crippen molar-refractivity contribution >= 4 is 51.3 Å². The lowest BCUT2D eigenvalue weighted by atomic mass is 10.2. The number of anilines is 1. The standard InChI is InChI=1S/C34H27ClN4O6/c1-20-9-4-6-11-25(20)37-31(40)19-44-32-21(15-22(35)16-29(32)43-3)18-36-39-33(38-26-12-7-5-10-23(26)34(39)41)30-17-24-27(42-2)13-8-14-28(24)45-30/h4-18H,19H2,1-3H3,(H,37,40). The van der Waals surface area contributed by atoms with E-state index in [4.69, 9.17) is 35.2 Å². The molecule has 4 aromatic carbocycles. The topological polar surface area (TPSA) is 117 Å². The molecule has 0 saturated heterocycles. The van der Waals surface area contributed by atoms with Gasteiger partial charge in [-0.3, -0.25) is 9.59 Å². The Balaban J connectivity index is 1.41. The highest BCUT2D eigenvalue weighted by molar-refractivity contribution is 6.31. The van der Waals surface area contributed by atoms with Gasteiger partial charge in [-0.25, -0.2) is 4.98 Å². The zero-order valence-corrected chi connectivity index (χ0v) is 25.3. The van der Waals surface area contributed by atoms with Crippen LogP contribution in [0.5, 0.6) is 17.2 Å². The Hall–Kier alpha value is -5.61. The van der Waals surface area contributed by atoms with Crippen molar-refractivity contribution in [3.05, 3.63) is 111 Å². The van der Waals surface area contributed by atoms with Crippen LogP contribution in [0.15, 0.2) is 99.2 Å². The van der Waals surface area contributed by atoms with E-state index in [-0.39, 0.29) is 29.8 Å². The van der Waals surface area contributed by atoms with Crippen LogP contribution in [0.25, 0.3) is 33.5 Å². The number of aromatic nitrogens is 2. The van der Waals surface area contributed by atoms with E-state index in [2.05, 4.69) is 10.4 Å². The van der Waals surface area contributed by atoms with Crippen molar-refractivity contribution in [3.63, 3.8) is 0 Å². The summed E-state index contributed by atoms with van der Waals surface area (Å²) in [6.45, 7) is 1.57. The summed E-state index contributed by atoms with van der Waals surface area (Å²) in [6, 6.07) is 24.7. The molecule has 0 bridgehead atoms. The highest BCUT2D eigenvalue weighted by Gasteiger charge is 2.19. The summed E-state index contributed by atoms with van der Waals surface area (Å²) in [6.07, 6.45) is 1.40. The fraction of sp³-hybridized carbons (Fsp3) is 0.118. The predicted octanol–water partition coefficient (Wildman–Crippen LogP) is 6.69. The van der Waals surface area contributed by atoms with Gasteiger partial charge in [-0.1, -0.05) is 48.0 Å². The lowest BCUT2D eigenvalue weighted by Gasteiger charge is -2.14. The largest absolute Gasteiger partial charge is 0.496 e. The molecule has 0 aliphatic heterocycles. The van der Waals surface area contributed by atoms with Gasteiger partial charge in [-0.2, -0.15) is 9.78 Å². The molecule has 0 aliphatic rings. The maximum atomic E-state index is 13.8. The van der Waals surface area contributed by atoms with Crippen molar-refractivity contribution < 1.29 is 23.4 Å². The van der Waals surface area contributed by atoms with Crippen molar-refractivity contribution in [2.24, 2.45) is 5.10 Å². The molecule has 0 radical (unpaired) electrons. The Labute approximate surface area is 262 Å². The number of halogens is 1. The first-order valence-corrected chi connectivity index (χ1v) is 14.2. The van der Waals surface area contributed by atoms with E-state index in [1.807, 2.05) is 37.3 Å². The number of para-hydroxylation sites is 2. The number of hydrogen-bond acceptors (Lipinski definition) is 8. The third-order valence-corrected chi connectivity index (χ3v) is 7.28. The highest BCUT2D eigenvalue weighted by atomic mass is 35.5. The van der Waals surface area contributed by atoms with E-state index in [1.165, 1.54) is 13.3 Å². The van der Waals surface area contributed by atoms with Crippen LogP contribution in [0.2, 0.25) is 5.02 Å². The lowest BCUT2D eigenvalue weighted by molar-refractivity contribution is -0.118. The maximum absolute atomic E-state index is 13.8. The molecule has 0 spiro atoms. The van der Waals surface area contributed by atoms with E-state index < -0.39 is 5.56 Å². The number of furan rings is 1. The van der Waals surface area contributed by atoms with Gasteiger partial charge in [-0.05, 0) is 55.0 Å². The first-order valence-electron chi connectivity index (χ1n) is 13.8. The van der Waals surface area contributed by atoms with Crippen molar-refractivity contribution in [2.75, 3.05) is 26.1 Å². The van der Waals surface area contributed by atoms with Gasteiger partial charge in [0.1, 0.15) is 11.3 Å². The first-order chi connectivity index (χ1) is 21.9. The lowest BCUT2D eigenvalue weighted by Crippen LogP contribution is -2.21. The van der Waals surface area contributed by atoms with Crippen LogP contribution >= 0.6 is 11.6 Å². The summed E-state index contributed by atoms with van der Waals surface area (Å²) in [4.78, 5) is 31.3. The van der Waals surface area contributed by atoms with Gasteiger partial charge < -0.3 is 23.9 Å². The van der Waals surface area contributed by atoms with Gasteiger partial charge in [0.05, 0.1) is 36.7 Å². The minimum Gasteiger partial charge on any atom is -0.496 e. The van der Waals surface area contributed by atoms with E-state index >= 15 is 0 Å². The SMILES string of the molecule is COc1cc(Cl)cc(C=Nn2c(-c3cc4c(OC)cccc4o3)nc3ccccc3c2=O)c1OCC(=O)Nc1ccccc1C. The van der Waals surface area contributed by atoms with E-state index in [1.54, 1.807) is 61.7 Å². The third-order valence-electron chi connectivity index (χ3n) is 7.06. The number of carbonyl (C=O) groups is 1. The second-order valence-electron chi connectivity index (χ2n) is 9.97. The smallest absolute Gasteiger partial charge is 0.282 e. The Morgan fingerprint density at radius 1 is 0.978 bits per heavy atom. The van der Waals surface area contributed by atoms with E-state index in [9.17, 15) is 9.59 Å². The van der Waals surface area contributed by atoms with Crippen LogP contribution in [0, 0.1) is 6.92 Å². The average molecular weight is 623 g/mol. The van der Waals surface area contributed by atoms with E-state index in [0.717, 1.165) is 10.2 Å². The fourth-order valence-electron chi connectivity index (χ4n) is 4.86. The summed E-state index contributed by atoms with van der Waals surface area (Å²) in [5.74, 6) is 1.20. The van der Waals surface area contributed by atoms with Crippen LogP contribution in [0.3, 0.4) is 0 Å².